The van der Waals surface area contributed by atoms with Crippen LogP contribution >= 0.6 is 0 Å². The molecule has 0 aliphatic carbocycles. The molecule has 0 radical (unpaired) electrons. The minimum atomic E-state index is -0.250. The monoisotopic (exact) mass is 209 g/mol. The maximum Gasteiger partial charge on any atom is 0.165 e. The predicted octanol–water partition coefficient (Wildman–Crippen LogP) is 1.39. The van der Waals surface area contributed by atoms with E-state index in [-0.39, 0.29) is 11.9 Å². The van der Waals surface area contributed by atoms with Crippen molar-refractivity contribution in [1.82, 2.24) is 4.98 Å². The van der Waals surface area contributed by atoms with Gasteiger partial charge in [0.05, 0.1) is 0 Å². The number of hydrogen-bond acceptors (Lipinski definition) is 3. The van der Waals surface area contributed by atoms with Gasteiger partial charge in [-0.2, -0.15) is 0 Å². The molecule has 2 atom stereocenters. The van der Waals surface area contributed by atoms with Crippen molar-refractivity contribution in [3.8, 4) is 0 Å². The number of rotatable bonds is 1. The normalized spacial score (nSPS) is 26.7. The third-order valence-corrected chi connectivity index (χ3v) is 3.01. The molecule has 0 aromatic carbocycles. The van der Waals surface area contributed by atoms with Gasteiger partial charge in [0.1, 0.15) is 0 Å². The van der Waals surface area contributed by atoms with E-state index in [0.717, 1.165) is 19.5 Å². The zero-order valence-corrected chi connectivity index (χ0v) is 8.86. The van der Waals surface area contributed by atoms with Crippen molar-refractivity contribution in [2.45, 2.75) is 19.4 Å². The Morgan fingerprint density at radius 3 is 3.07 bits per heavy atom. The Labute approximate surface area is 89.1 Å². The van der Waals surface area contributed by atoms with Gasteiger partial charge in [-0.1, -0.05) is 6.92 Å². The molecule has 0 bridgehead atoms. The Kier molecular flexibility index (Phi) is 2.86. The summed E-state index contributed by atoms with van der Waals surface area (Å²) in [5.74, 6) is 0.594. The van der Waals surface area contributed by atoms with Gasteiger partial charge in [-0.25, -0.2) is 9.37 Å². The van der Waals surface area contributed by atoms with Crippen LogP contribution in [0.3, 0.4) is 0 Å². The summed E-state index contributed by atoms with van der Waals surface area (Å²) in [4.78, 5) is 6.05. The number of nitrogens with two attached hydrogens (primary N) is 1. The molecule has 82 valence electrons. The number of nitrogens with zero attached hydrogens (tertiary/aromatic N) is 2. The second-order valence-electron chi connectivity index (χ2n) is 4.18. The van der Waals surface area contributed by atoms with Crippen molar-refractivity contribution >= 4 is 5.82 Å². The third kappa shape index (κ3) is 2.09. The van der Waals surface area contributed by atoms with Crippen LogP contribution in [0.1, 0.15) is 13.3 Å². The molecule has 0 spiro atoms. The van der Waals surface area contributed by atoms with Gasteiger partial charge >= 0.3 is 0 Å². The van der Waals surface area contributed by atoms with Gasteiger partial charge in [0.25, 0.3) is 0 Å². The fourth-order valence-electron chi connectivity index (χ4n) is 1.97. The van der Waals surface area contributed by atoms with Gasteiger partial charge in [0.2, 0.25) is 0 Å². The fraction of sp³-hybridized carbons (Fsp3) is 0.545. The van der Waals surface area contributed by atoms with Gasteiger partial charge in [-0.05, 0) is 24.5 Å². The fourth-order valence-corrected chi connectivity index (χ4v) is 1.97. The van der Waals surface area contributed by atoms with E-state index in [0.29, 0.717) is 11.7 Å². The lowest BCUT2D eigenvalue weighted by molar-refractivity contribution is 0.378. The molecule has 1 saturated heterocycles. The Morgan fingerprint density at radius 1 is 1.60 bits per heavy atom. The molecule has 0 amide bonds. The predicted molar refractivity (Wildman–Crippen MR) is 58.2 cm³/mol. The first kappa shape index (κ1) is 10.4. The van der Waals surface area contributed by atoms with Gasteiger partial charge < -0.3 is 10.6 Å². The molecule has 15 heavy (non-hydrogen) atoms. The molecule has 2 heterocycles. The molecule has 2 N–H and O–H groups in total. The second-order valence-corrected chi connectivity index (χ2v) is 4.18. The second kappa shape index (κ2) is 4.14. The molecular formula is C11H16FN3. The Balaban J connectivity index is 2.15. The molecule has 1 aromatic heterocycles. The maximum atomic E-state index is 13.5. The van der Waals surface area contributed by atoms with E-state index in [9.17, 15) is 4.39 Å². The number of halogens is 1. The van der Waals surface area contributed by atoms with E-state index in [1.807, 2.05) is 4.90 Å². The van der Waals surface area contributed by atoms with Crippen LogP contribution in [0, 0.1) is 11.7 Å². The van der Waals surface area contributed by atoms with E-state index in [1.165, 1.54) is 6.07 Å². The van der Waals surface area contributed by atoms with E-state index in [2.05, 4.69) is 11.9 Å². The zero-order chi connectivity index (χ0) is 10.8. The summed E-state index contributed by atoms with van der Waals surface area (Å²) in [6.45, 7) is 3.67. The highest BCUT2D eigenvalue weighted by Crippen LogP contribution is 2.22. The average Bonchev–Trinajstić information content (AvgIpc) is 2.23. The molecule has 1 fully saturated rings. The lowest BCUT2D eigenvalue weighted by Gasteiger charge is -2.35. The number of hydrogen-bond donors (Lipinski definition) is 1. The van der Waals surface area contributed by atoms with E-state index >= 15 is 0 Å². The average molecular weight is 209 g/mol. The van der Waals surface area contributed by atoms with Crippen LogP contribution in [0.15, 0.2) is 18.3 Å². The summed E-state index contributed by atoms with van der Waals surface area (Å²) in [6, 6.07) is 3.28. The Hall–Kier alpha value is -1.16. The molecule has 1 aliphatic rings. The summed E-state index contributed by atoms with van der Waals surface area (Å²) >= 11 is 0. The van der Waals surface area contributed by atoms with Crippen molar-refractivity contribution < 1.29 is 4.39 Å². The van der Waals surface area contributed by atoms with Gasteiger partial charge in [-0.3, -0.25) is 0 Å². The van der Waals surface area contributed by atoms with Crippen molar-refractivity contribution in [2.24, 2.45) is 11.7 Å². The summed E-state index contributed by atoms with van der Waals surface area (Å²) in [6.07, 6.45) is 2.52. The van der Waals surface area contributed by atoms with Crippen LogP contribution in [0.2, 0.25) is 0 Å². The van der Waals surface area contributed by atoms with Crippen LogP contribution in [0.25, 0.3) is 0 Å². The van der Waals surface area contributed by atoms with Gasteiger partial charge in [0.15, 0.2) is 11.6 Å². The molecular weight excluding hydrogens is 193 g/mol. The van der Waals surface area contributed by atoms with Crippen LogP contribution in [-0.4, -0.2) is 24.1 Å². The number of pyridine rings is 1. The standard InChI is InChI=1S/C11H16FN3/c1-8-7-15(6-4-10(8)13)11-9(12)3-2-5-14-11/h2-3,5,8,10H,4,6-7,13H2,1H3. The van der Waals surface area contributed by atoms with E-state index in [1.54, 1.807) is 12.3 Å². The minimum absolute atomic E-state index is 0.230. The highest BCUT2D eigenvalue weighted by Gasteiger charge is 2.25. The smallest absolute Gasteiger partial charge is 0.165 e. The van der Waals surface area contributed by atoms with Gasteiger partial charge in [0, 0.05) is 25.3 Å². The van der Waals surface area contributed by atoms with Crippen molar-refractivity contribution in [3.05, 3.63) is 24.1 Å². The molecule has 4 heteroatoms. The van der Waals surface area contributed by atoms with Crippen LogP contribution in [0.5, 0.6) is 0 Å². The highest BCUT2D eigenvalue weighted by molar-refractivity contribution is 5.40. The first-order valence-electron chi connectivity index (χ1n) is 5.29. The summed E-state index contributed by atoms with van der Waals surface area (Å²) in [5.41, 5.74) is 5.92. The quantitative estimate of drug-likeness (QED) is 0.760. The van der Waals surface area contributed by atoms with Crippen LogP contribution in [-0.2, 0) is 0 Å². The van der Waals surface area contributed by atoms with Crippen molar-refractivity contribution in [3.63, 3.8) is 0 Å². The number of aromatic nitrogens is 1. The number of anilines is 1. The molecule has 2 unspecified atom stereocenters. The molecule has 3 nitrogen and oxygen atoms in total. The topological polar surface area (TPSA) is 42.2 Å². The number of piperidine rings is 1. The molecule has 1 aliphatic heterocycles. The summed E-state index contributed by atoms with van der Waals surface area (Å²) in [5, 5.41) is 0. The largest absolute Gasteiger partial charge is 0.354 e. The van der Waals surface area contributed by atoms with E-state index in [4.69, 9.17) is 5.73 Å². The highest BCUT2D eigenvalue weighted by atomic mass is 19.1. The summed E-state index contributed by atoms with van der Waals surface area (Å²) in [7, 11) is 0. The summed E-state index contributed by atoms with van der Waals surface area (Å²) < 4.78 is 13.5. The SMILES string of the molecule is CC1CN(c2ncccc2F)CCC1N. The Morgan fingerprint density at radius 2 is 2.40 bits per heavy atom. The first-order valence-corrected chi connectivity index (χ1v) is 5.29. The van der Waals surface area contributed by atoms with Crippen LogP contribution < -0.4 is 10.6 Å². The molecule has 0 saturated carbocycles. The Bertz CT molecular complexity index is 342. The van der Waals surface area contributed by atoms with Gasteiger partial charge in [-0.15, -0.1) is 0 Å². The van der Waals surface area contributed by atoms with Crippen molar-refractivity contribution in [1.29, 1.82) is 0 Å². The maximum absolute atomic E-state index is 13.5. The van der Waals surface area contributed by atoms with Crippen LogP contribution in [0.4, 0.5) is 10.2 Å². The lowest BCUT2D eigenvalue weighted by Crippen LogP contribution is -2.46. The zero-order valence-electron chi connectivity index (χ0n) is 8.86. The lowest BCUT2D eigenvalue weighted by atomic mass is 9.95. The molecule has 2 rings (SSSR count). The first-order chi connectivity index (χ1) is 7.18. The third-order valence-electron chi connectivity index (χ3n) is 3.01. The minimum Gasteiger partial charge on any atom is -0.354 e. The molecule has 1 aromatic rings. The van der Waals surface area contributed by atoms with E-state index < -0.39 is 0 Å². The van der Waals surface area contributed by atoms with Crippen molar-refractivity contribution in [2.75, 3.05) is 18.0 Å².